The molecule has 10 nitrogen and oxygen atoms in total. The number of amides is 4. The number of hydrogen-bond acceptors (Lipinski definition) is 6. The first-order chi connectivity index (χ1) is 17.5. The second-order valence-electron chi connectivity index (χ2n) is 8.95. The van der Waals surface area contributed by atoms with Crippen LogP contribution in [0.15, 0.2) is 48.5 Å². The highest BCUT2D eigenvalue weighted by Crippen LogP contribution is 2.31. The summed E-state index contributed by atoms with van der Waals surface area (Å²) in [5.74, 6) is 0.531. The molecular weight excluding hydrogens is 464 g/mol. The number of benzene rings is 2. The van der Waals surface area contributed by atoms with Crippen molar-refractivity contribution in [3.63, 3.8) is 0 Å². The summed E-state index contributed by atoms with van der Waals surface area (Å²) in [6.07, 6.45) is 0.670. The van der Waals surface area contributed by atoms with Crippen molar-refractivity contribution in [2.75, 3.05) is 50.8 Å². The van der Waals surface area contributed by atoms with E-state index in [0.717, 1.165) is 12.1 Å². The van der Waals surface area contributed by atoms with Gasteiger partial charge in [0.25, 0.3) is 11.8 Å². The Hall–Kier alpha value is -4.08. The molecular formula is C26H28N4O6. The fourth-order valence-electron chi connectivity index (χ4n) is 4.60. The topological polar surface area (TPSA) is 108 Å². The van der Waals surface area contributed by atoms with Gasteiger partial charge in [-0.15, -0.1) is 0 Å². The number of anilines is 1. The van der Waals surface area contributed by atoms with Crippen LogP contribution in [-0.2, 0) is 14.4 Å². The van der Waals surface area contributed by atoms with Gasteiger partial charge in [0.05, 0.1) is 6.54 Å². The van der Waals surface area contributed by atoms with Crippen molar-refractivity contribution in [3.05, 3.63) is 54.1 Å². The van der Waals surface area contributed by atoms with E-state index in [-0.39, 0.29) is 36.8 Å². The minimum Gasteiger partial charge on any atom is -0.485 e. The average molecular weight is 493 g/mol. The molecule has 0 radical (unpaired) electrons. The smallest absolute Gasteiger partial charge is 0.267 e. The highest BCUT2D eigenvalue weighted by molar-refractivity contribution is 5.98. The predicted octanol–water partition coefficient (Wildman–Crippen LogP) is 1.05. The molecule has 36 heavy (non-hydrogen) atoms. The molecule has 1 N–H and O–H groups in total. The molecule has 1 atom stereocenters. The second-order valence-corrected chi connectivity index (χ2v) is 8.95. The van der Waals surface area contributed by atoms with E-state index in [9.17, 15) is 19.2 Å². The fourth-order valence-corrected chi connectivity index (χ4v) is 4.60. The number of para-hydroxylation sites is 2. The molecule has 4 amide bonds. The monoisotopic (exact) mass is 492 g/mol. The molecule has 10 heteroatoms. The van der Waals surface area contributed by atoms with Gasteiger partial charge in [-0.2, -0.15) is 0 Å². The fraction of sp³-hybridized carbons (Fsp3) is 0.385. The molecule has 3 aliphatic rings. The lowest BCUT2D eigenvalue weighted by molar-refractivity contribution is -0.146. The third kappa shape index (κ3) is 4.98. The van der Waals surface area contributed by atoms with E-state index in [4.69, 9.17) is 9.47 Å². The van der Waals surface area contributed by atoms with Gasteiger partial charge in [0.2, 0.25) is 17.9 Å². The number of piperazine rings is 1. The van der Waals surface area contributed by atoms with Crippen LogP contribution in [0.1, 0.15) is 23.2 Å². The van der Waals surface area contributed by atoms with Crippen molar-refractivity contribution >= 4 is 29.3 Å². The first-order valence-corrected chi connectivity index (χ1v) is 12.1. The largest absolute Gasteiger partial charge is 0.485 e. The molecule has 5 rings (SSSR count). The highest BCUT2D eigenvalue weighted by Gasteiger charge is 2.33. The first kappa shape index (κ1) is 23.7. The number of hydrogen-bond donors (Lipinski definition) is 1. The van der Waals surface area contributed by atoms with Gasteiger partial charge >= 0.3 is 0 Å². The standard InChI is InChI=1S/C26H28N4O6/c31-23-6-3-11-30(23)19-9-7-18(8-10-19)25(33)27-16-24(32)28-12-14-29(15-13-28)26(34)22-17-35-20-4-1-2-5-21(20)36-22/h1-2,4-5,7-10,22H,3,6,11-17H2,(H,27,33)/t22-/m1/s1. The Bertz CT molecular complexity index is 1160. The maximum atomic E-state index is 12.9. The molecule has 188 valence electrons. The Morgan fingerprint density at radius 1 is 0.889 bits per heavy atom. The molecule has 0 spiro atoms. The minimum absolute atomic E-state index is 0.0875. The summed E-state index contributed by atoms with van der Waals surface area (Å²) in [7, 11) is 0. The molecule has 3 heterocycles. The average Bonchev–Trinajstić information content (AvgIpc) is 3.36. The molecule has 2 saturated heterocycles. The lowest BCUT2D eigenvalue weighted by atomic mass is 10.2. The quantitative estimate of drug-likeness (QED) is 0.669. The van der Waals surface area contributed by atoms with E-state index >= 15 is 0 Å². The SMILES string of the molecule is O=C(NCC(=O)N1CCN(C(=O)[C@H]2COc3ccccc3O2)CC1)c1ccc(N2CCCC2=O)cc1. The molecule has 0 bridgehead atoms. The zero-order valence-corrected chi connectivity index (χ0v) is 19.9. The van der Waals surface area contributed by atoms with Gasteiger partial charge in [0.15, 0.2) is 11.5 Å². The lowest BCUT2D eigenvalue weighted by Gasteiger charge is -2.37. The summed E-state index contributed by atoms with van der Waals surface area (Å²) in [6, 6.07) is 14.0. The predicted molar refractivity (Wildman–Crippen MR) is 130 cm³/mol. The van der Waals surface area contributed by atoms with Crippen LogP contribution >= 0.6 is 0 Å². The third-order valence-electron chi connectivity index (χ3n) is 6.64. The molecule has 0 saturated carbocycles. The van der Waals surface area contributed by atoms with E-state index in [2.05, 4.69) is 5.32 Å². The number of nitrogens with zero attached hydrogens (tertiary/aromatic N) is 3. The van der Waals surface area contributed by atoms with Crippen LogP contribution < -0.4 is 19.7 Å². The molecule has 2 aromatic carbocycles. The first-order valence-electron chi connectivity index (χ1n) is 12.1. The van der Waals surface area contributed by atoms with Gasteiger partial charge in [-0.25, -0.2) is 0 Å². The zero-order chi connectivity index (χ0) is 25.1. The zero-order valence-electron chi connectivity index (χ0n) is 19.9. The summed E-state index contributed by atoms with van der Waals surface area (Å²) < 4.78 is 11.4. The highest BCUT2D eigenvalue weighted by atomic mass is 16.6. The second kappa shape index (κ2) is 10.3. The van der Waals surface area contributed by atoms with Crippen molar-refractivity contribution in [3.8, 4) is 11.5 Å². The van der Waals surface area contributed by atoms with E-state index < -0.39 is 6.10 Å². The Kier molecular flexibility index (Phi) is 6.75. The van der Waals surface area contributed by atoms with E-state index in [1.54, 1.807) is 51.1 Å². The Morgan fingerprint density at radius 3 is 2.28 bits per heavy atom. The van der Waals surface area contributed by atoms with Crippen LogP contribution in [0, 0.1) is 0 Å². The van der Waals surface area contributed by atoms with Crippen molar-refractivity contribution < 1.29 is 28.7 Å². The van der Waals surface area contributed by atoms with Crippen LogP contribution in [0.25, 0.3) is 0 Å². The maximum Gasteiger partial charge on any atom is 0.267 e. The number of carbonyl (C=O) groups is 4. The minimum atomic E-state index is -0.712. The summed E-state index contributed by atoms with van der Waals surface area (Å²) in [4.78, 5) is 54.9. The van der Waals surface area contributed by atoms with E-state index in [1.807, 2.05) is 12.1 Å². The van der Waals surface area contributed by atoms with Gasteiger partial charge < -0.3 is 29.5 Å². The van der Waals surface area contributed by atoms with Gasteiger partial charge in [-0.1, -0.05) is 12.1 Å². The summed E-state index contributed by atoms with van der Waals surface area (Å²) in [6.45, 7) is 2.23. The van der Waals surface area contributed by atoms with Crippen LogP contribution in [0.4, 0.5) is 5.69 Å². The normalized spacial score (nSPS) is 19.3. The Labute approximate surface area is 208 Å². The van der Waals surface area contributed by atoms with Crippen LogP contribution in [0.2, 0.25) is 0 Å². The van der Waals surface area contributed by atoms with Gasteiger partial charge in [-0.3, -0.25) is 19.2 Å². The summed E-state index contributed by atoms with van der Waals surface area (Å²) in [5, 5.41) is 2.66. The number of nitrogens with one attached hydrogen (secondary N) is 1. The molecule has 2 fully saturated rings. The van der Waals surface area contributed by atoms with Crippen molar-refractivity contribution in [1.29, 1.82) is 0 Å². The van der Waals surface area contributed by atoms with Gasteiger partial charge in [0, 0.05) is 50.4 Å². The number of rotatable bonds is 5. The van der Waals surface area contributed by atoms with Crippen LogP contribution in [0.3, 0.4) is 0 Å². The van der Waals surface area contributed by atoms with Crippen LogP contribution in [0.5, 0.6) is 11.5 Å². The van der Waals surface area contributed by atoms with E-state index in [0.29, 0.717) is 56.2 Å². The molecule has 0 aromatic heterocycles. The molecule has 0 unspecified atom stereocenters. The maximum absolute atomic E-state index is 12.9. The number of carbonyl (C=O) groups excluding carboxylic acids is 4. The summed E-state index contributed by atoms with van der Waals surface area (Å²) in [5.41, 5.74) is 1.19. The number of fused-ring (bicyclic) bond motifs is 1. The Morgan fingerprint density at radius 2 is 1.58 bits per heavy atom. The molecule has 3 aliphatic heterocycles. The van der Waals surface area contributed by atoms with Gasteiger partial charge in [-0.05, 0) is 42.8 Å². The van der Waals surface area contributed by atoms with Gasteiger partial charge in [0.1, 0.15) is 6.61 Å². The molecule has 2 aromatic rings. The number of ether oxygens (including phenoxy) is 2. The summed E-state index contributed by atoms with van der Waals surface area (Å²) >= 11 is 0. The van der Waals surface area contributed by atoms with Crippen molar-refractivity contribution in [2.24, 2.45) is 0 Å². The van der Waals surface area contributed by atoms with Crippen LogP contribution in [-0.4, -0.2) is 85.4 Å². The van der Waals surface area contributed by atoms with Crippen molar-refractivity contribution in [2.45, 2.75) is 18.9 Å². The molecule has 0 aliphatic carbocycles. The van der Waals surface area contributed by atoms with E-state index in [1.165, 1.54) is 0 Å². The lowest BCUT2D eigenvalue weighted by Crippen LogP contribution is -2.56. The van der Waals surface area contributed by atoms with Crippen molar-refractivity contribution in [1.82, 2.24) is 15.1 Å². The third-order valence-corrected chi connectivity index (χ3v) is 6.64. The Balaban J connectivity index is 1.07.